The lowest BCUT2D eigenvalue weighted by molar-refractivity contribution is -0.385. The zero-order chi connectivity index (χ0) is 15.6. The molecule has 0 bridgehead atoms. The number of nitrogens with one attached hydrogen (secondary N) is 1. The van der Waals surface area contributed by atoms with Crippen LogP contribution in [0.5, 0.6) is 0 Å². The minimum absolute atomic E-state index is 0.0303. The van der Waals surface area contributed by atoms with Crippen molar-refractivity contribution in [2.75, 3.05) is 20.1 Å². The number of hydrogen-bond acceptors (Lipinski definition) is 5. The monoisotopic (exact) mass is 333 g/mol. The van der Waals surface area contributed by atoms with Crippen LogP contribution < -0.4 is 4.72 Å². The number of sulfonamides is 1. The first-order valence-corrected chi connectivity index (χ1v) is 8.30. The molecule has 1 heterocycles. The Balaban J connectivity index is 2.26. The summed E-state index contributed by atoms with van der Waals surface area (Å²) in [6, 6.07) is 3.16. The van der Waals surface area contributed by atoms with Gasteiger partial charge in [-0.3, -0.25) is 10.1 Å². The van der Waals surface area contributed by atoms with Crippen LogP contribution in [0.2, 0.25) is 5.02 Å². The smallest absolute Gasteiger partial charge is 0.270 e. The Bertz CT molecular complexity index is 650. The zero-order valence-corrected chi connectivity index (χ0v) is 13.0. The van der Waals surface area contributed by atoms with Gasteiger partial charge < -0.3 is 4.90 Å². The van der Waals surface area contributed by atoms with Crippen molar-refractivity contribution < 1.29 is 13.3 Å². The summed E-state index contributed by atoms with van der Waals surface area (Å²) in [5, 5.41) is 10.7. The maximum atomic E-state index is 12.4. The van der Waals surface area contributed by atoms with E-state index in [1.807, 2.05) is 11.9 Å². The summed E-state index contributed by atoms with van der Waals surface area (Å²) in [5.41, 5.74) is -0.305. The maximum Gasteiger partial charge on any atom is 0.270 e. The number of hydrogen-bond donors (Lipinski definition) is 1. The van der Waals surface area contributed by atoms with E-state index in [9.17, 15) is 18.5 Å². The minimum Gasteiger partial charge on any atom is -0.305 e. The van der Waals surface area contributed by atoms with Crippen molar-refractivity contribution >= 4 is 27.3 Å². The summed E-state index contributed by atoms with van der Waals surface area (Å²) in [6.07, 6.45) is 1.63. The number of benzene rings is 1. The van der Waals surface area contributed by atoms with Crippen LogP contribution in [0.25, 0.3) is 0 Å². The van der Waals surface area contributed by atoms with Crippen LogP contribution in [0.3, 0.4) is 0 Å². The first-order chi connectivity index (χ1) is 9.79. The first kappa shape index (κ1) is 16.2. The Morgan fingerprint density at radius 2 is 2.19 bits per heavy atom. The van der Waals surface area contributed by atoms with Gasteiger partial charge in [0, 0.05) is 24.7 Å². The predicted molar refractivity (Wildman–Crippen MR) is 78.9 cm³/mol. The van der Waals surface area contributed by atoms with Crippen LogP contribution in [-0.2, 0) is 10.0 Å². The van der Waals surface area contributed by atoms with Gasteiger partial charge in [0.15, 0.2) is 0 Å². The van der Waals surface area contributed by atoms with E-state index in [-0.39, 0.29) is 21.6 Å². The fourth-order valence-electron chi connectivity index (χ4n) is 2.36. The lowest BCUT2D eigenvalue weighted by atomic mass is 10.1. The largest absolute Gasteiger partial charge is 0.305 e. The van der Waals surface area contributed by atoms with Gasteiger partial charge in [-0.1, -0.05) is 11.6 Å². The highest BCUT2D eigenvalue weighted by atomic mass is 35.5. The number of nitro benzene ring substituents is 1. The first-order valence-electron chi connectivity index (χ1n) is 6.44. The summed E-state index contributed by atoms with van der Waals surface area (Å²) in [6.45, 7) is 1.53. The Labute approximate surface area is 128 Å². The molecule has 1 aromatic carbocycles. The Hall–Kier alpha value is -1.22. The Morgan fingerprint density at radius 3 is 2.81 bits per heavy atom. The maximum absolute atomic E-state index is 12.4. The highest BCUT2D eigenvalue weighted by molar-refractivity contribution is 7.89. The van der Waals surface area contributed by atoms with Crippen LogP contribution >= 0.6 is 11.6 Å². The second-order valence-corrected chi connectivity index (χ2v) is 7.18. The number of rotatable bonds is 4. The highest BCUT2D eigenvalue weighted by Crippen LogP contribution is 2.26. The lowest BCUT2D eigenvalue weighted by Gasteiger charge is -2.30. The summed E-state index contributed by atoms with van der Waals surface area (Å²) < 4.78 is 27.3. The summed E-state index contributed by atoms with van der Waals surface area (Å²) in [5.74, 6) is 0. The van der Waals surface area contributed by atoms with E-state index in [1.54, 1.807) is 0 Å². The molecule has 1 aliphatic rings. The third kappa shape index (κ3) is 3.91. The normalized spacial score (nSPS) is 20.4. The number of nitrogens with zero attached hydrogens (tertiary/aromatic N) is 2. The lowest BCUT2D eigenvalue weighted by Crippen LogP contribution is -2.46. The number of non-ortho nitro benzene ring substituents is 1. The predicted octanol–water partition coefficient (Wildman–Crippen LogP) is 1.62. The summed E-state index contributed by atoms with van der Waals surface area (Å²) >= 11 is 5.88. The average molecular weight is 334 g/mol. The van der Waals surface area contributed by atoms with Gasteiger partial charge in [-0.05, 0) is 32.5 Å². The molecule has 1 saturated heterocycles. The number of piperidine rings is 1. The van der Waals surface area contributed by atoms with E-state index in [2.05, 4.69) is 4.72 Å². The van der Waals surface area contributed by atoms with Crippen molar-refractivity contribution in [1.82, 2.24) is 9.62 Å². The molecule has 7 nitrogen and oxygen atoms in total. The molecule has 1 fully saturated rings. The van der Waals surface area contributed by atoms with Gasteiger partial charge in [0.1, 0.15) is 4.90 Å². The molecular formula is C12H16ClN3O4S. The van der Waals surface area contributed by atoms with Gasteiger partial charge in [-0.2, -0.15) is 0 Å². The number of likely N-dealkylation sites (N-methyl/N-ethyl adjacent to an activating group) is 1. The van der Waals surface area contributed by atoms with E-state index < -0.39 is 14.9 Å². The average Bonchev–Trinajstić information content (AvgIpc) is 2.38. The molecular weight excluding hydrogens is 318 g/mol. The second kappa shape index (κ2) is 6.27. The van der Waals surface area contributed by atoms with Crippen molar-refractivity contribution in [2.24, 2.45) is 0 Å². The molecule has 1 aliphatic heterocycles. The molecule has 21 heavy (non-hydrogen) atoms. The Kier molecular flexibility index (Phi) is 4.82. The highest BCUT2D eigenvalue weighted by Gasteiger charge is 2.26. The van der Waals surface area contributed by atoms with E-state index in [0.717, 1.165) is 25.5 Å². The topological polar surface area (TPSA) is 92.6 Å². The number of likely N-dealkylation sites (tertiary alicyclic amines) is 1. The van der Waals surface area contributed by atoms with Crippen LogP contribution in [0, 0.1) is 10.1 Å². The summed E-state index contributed by atoms with van der Waals surface area (Å²) in [7, 11) is -1.97. The molecule has 1 aromatic rings. The van der Waals surface area contributed by atoms with Crippen molar-refractivity contribution in [3.8, 4) is 0 Å². The molecule has 116 valence electrons. The van der Waals surface area contributed by atoms with Gasteiger partial charge >= 0.3 is 0 Å². The zero-order valence-electron chi connectivity index (χ0n) is 11.5. The molecule has 0 spiro atoms. The van der Waals surface area contributed by atoms with Crippen molar-refractivity contribution in [1.29, 1.82) is 0 Å². The minimum atomic E-state index is -3.88. The van der Waals surface area contributed by atoms with Gasteiger partial charge in [0.05, 0.1) is 9.95 Å². The van der Waals surface area contributed by atoms with Crippen LogP contribution in [0.4, 0.5) is 5.69 Å². The van der Waals surface area contributed by atoms with Gasteiger partial charge in [0.2, 0.25) is 10.0 Å². The fraction of sp³-hybridized carbons (Fsp3) is 0.500. The Morgan fingerprint density at radius 1 is 1.48 bits per heavy atom. The van der Waals surface area contributed by atoms with Crippen molar-refractivity contribution in [3.63, 3.8) is 0 Å². The molecule has 1 N–H and O–H groups in total. The van der Waals surface area contributed by atoms with Gasteiger partial charge in [-0.25, -0.2) is 13.1 Å². The quantitative estimate of drug-likeness (QED) is 0.667. The SMILES string of the molecule is CN1CCCC(NS(=O)(=O)c2cc([N+](=O)[O-])ccc2Cl)C1. The fourth-order valence-corrected chi connectivity index (χ4v) is 4.14. The molecule has 0 radical (unpaired) electrons. The molecule has 0 amide bonds. The standard InChI is InChI=1S/C12H16ClN3O4S/c1-15-6-2-3-9(8-15)14-21(19,20)12-7-10(16(17)18)4-5-11(12)13/h4-5,7,9,14H,2-3,6,8H2,1H3. The molecule has 0 aliphatic carbocycles. The molecule has 9 heteroatoms. The molecule has 1 atom stereocenters. The van der Waals surface area contributed by atoms with Crippen molar-refractivity contribution in [3.05, 3.63) is 33.3 Å². The summed E-state index contributed by atoms with van der Waals surface area (Å²) in [4.78, 5) is 11.9. The van der Waals surface area contributed by atoms with Gasteiger partial charge in [0.25, 0.3) is 5.69 Å². The molecule has 0 aromatic heterocycles. The van der Waals surface area contributed by atoms with Crippen LogP contribution in [0.15, 0.2) is 23.1 Å². The number of halogens is 1. The van der Waals surface area contributed by atoms with Crippen LogP contribution in [0.1, 0.15) is 12.8 Å². The third-order valence-electron chi connectivity index (χ3n) is 3.36. The van der Waals surface area contributed by atoms with E-state index in [4.69, 9.17) is 11.6 Å². The third-order valence-corrected chi connectivity index (χ3v) is 5.36. The van der Waals surface area contributed by atoms with E-state index >= 15 is 0 Å². The van der Waals surface area contributed by atoms with Crippen LogP contribution in [-0.4, -0.2) is 44.4 Å². The van der Waals surface area contributed by atoms with Gasteiger partial charge in [-0.15, -0.1) is 0 Å². The molecule has 1 unspecified atom stereocenters. The second-order valence-electron chi connectivity index (χ2n) is 5.09. The van der Waals surface area contributed by atoms with E-state index in [1.165, 1.54) is 12.1 Å². The molecule has 0 saturated carbocycles. The van der Waals surface area contributed by atoms with E-state index in [0.29, 0.717) is 6.54 Å². The number of nitro groups is 1. The molecule has 2 rings (SSSR count). The van der Waals surface area contributed by atoms with Crippen molar-refractivity contribution in [2.45, 2.75) is 23.8 Å².